The number of carbonyl (C=O) groups excluding carboxylic acids is 2. The lowest BCUT2D eigenvalue weighted by atomic mass is 9.67. The third kappa shape index (κ3) is 10.3. The van der Waals surface area contributed by atoms with Crippen molar-refractivity contribution in [2.24, 2.45) is 29.6 Å². The van der Waals surface area contributed by atoms with Gasteiger partial charge in [-0.1, -0.05) is 63.6 Å². The van der Waals surface area contributed by atoms with Gasteiger partial charge in [-0.25, -0.2) is 4.98 Å². The largest absolute Gasteiger partial charge is 0.462 e. The minimum absolute atomic E-state index is 0.00692. The average molecular weight is 909 g/mol. The molecule has 3 aliphatic carbocycles. The summed E-state index contributed by atoms with van der Waals surface area (Å²) >= 11 is 1.75. The number of methoxy groups -OCH3 is 4. The molecule has 13 heteroatoms. The zero-order valence-electron chi connectivity index (χ0n) is 40.5. The first-order valence-electron chi connectivity index (χ1n) is 24.0. The molecule has 5 aliphatic rings. The number of hydrogen-bond acceptors (Lipinski definition) is 13. The van der Waals surface area contributed by atoms with Crippen LogP contribution in [0.25, 0.3) is 10.6 Å². The fraction of sp³-hybridized carbons (Fsp3) is 0.745. The lowest BCUT2D eigenvalue weighted by Crippen LogP contribution is -2.51. The topological polar surface area (TPSA) is 124 Å². The molecule has 2 saturated heterocycles. The van der Waals surface area contributed by atoms with Gasteiger partial charge in [-0.05, 0) is 103 Å². The number of ketones is 1. The van der Waals surface area contributed by atoms with E-state index in [0.717, 1.165) is 61.2 Å². The molecule has 2 aliphatic heterocycles. The number of rotatable bonds is 15. The first kappa shape index (κ1) is 49.3. The smallest absolute Gasteiger partial charge is 0.306 e. The molecule has 1 aromatic heterocycles. The minimum atomic E-state index is -0.723. The number of allylic oxidation sites excluding steroid dienone is 2. The standard InChI is InChI=1S/C51H76N2O10S/c1-13-32-15-14-16-40(63-42-22-21-39(53(7)8)30(6)60-42)29(5)45(55)37-25-35-34-23-33(62-51(59-12)48(58-11)47(57-10)46(56-9)27(2)3)24-38(34)49-44(43(35)36(37)26-41(54)61-32)52-50(64-49)31-19-17-28(4)18-20-31/h17-20,25,27,29-30,32-36,38-40,42-43,46-48,51H,13-16,21-24,26H2,1-12H3/t29-,30?,32+,33+,34+,35+,36-,38-,39+,40+,42+,43-,46?,47?,48?,51?/m1/s1. The van der Waals surface area contributed by atoms with Gasteiger partial charge in [0.1, 0.15) is 23.3 Å². The summed E-state index contributed by atoms with van der Waals surface area (Å²) in [4.78, 5) is 38.3. The number of ether oxygens (including phenoxy) is 8. The van der Waals surface area contributed by atoms with Crippen LogP contribution < -0.4 is 0 Å². The highest BCUT2D eigenvalue weighted by molar-refractivity contribution is 7.15. The second-order valence-electron chi connectivity index (χ2n) is 19.8. The van der Waals surface area contributed by atoms with Gasteiger partial charge in [0.15, 0.2) is 18.4 Å². The fourth-order valence-electron chi connectivity index (χ4n) is 11.9. The molecule has 3 fully saturated rings. The van der Waals surface area contributed by atoms with Crippen LogP contribution in [0.2, 0.25) is 0 Å². The van der Waals surface area contributed by atoms with E-state index >= 15 is 4.79 Å². The summed E-state index contributed by atoms with van der Waals surface area (Å²) in [6, 6.07) is 8.84. The number of cyclic esters (lactones) is 1. The Bertz CT molecular complexity index is 1900. The van der Waals surface area contributed by atoms with Gasteiger partial charge in [0.2, 0.25) is 0 Å². The number of Topliss-reactive ketones (excluding diaryl/α,β-unsaturated/α-hetero) is 1. The van der Waals surface area contributed by atoms with Crippen molar-refractivity contribution >= 4 is 23.1 Å². The number of likely N-dealkylation sites (N-methyl/N-ethyl adjacent to an activating group) is 1. The molecule has 0 N–H and O–H groups in total. The highest BCUT2D eigenvalue weighted by Gasteiger charge is 2.56. The molecule has 2 aromatic rings. The predicted octanol–water partition coefficient (Wildman–Crippen LogP) is 8.88. The van der Waals surface area contributed by atoms with Crippen molar-refractivity contribution in [1.82, 2.24) is 9.88 Å². The molecule has 0 bridgehead atoms. The summed E-state index contributed by atoms with van der Waals surface area (Å²) in [6.07, 6.45) is 5.40. The summed E-state index contributed by atoms with van der Waals surface area (Å²) in [5.74, 6) is -0.810. The third-order valence-corrected chi connectivity index (χ3v) is 16.5. The second kappa shape index (κ2) is 21.6. The van der Waals surface area contributed by atoms with Crippen LogP contribution in [0.1, 0.15) is 120 Å². The predicted molar refractivity (Wildman–Crippen MR) is 247 cm³/mol. The number of aryl methyl sites for hydroxylation is 1. The number of hydrogen-bond donors (Lipinski definition) is 0. The van der Waals surface area contributed by atoms with Crippen LogP contribution in [0, 0.1) is 36.5 Å². The van der Waals surface area contributed by atoms with Crippen molar-refractivity contribution in [2.75, 3.05) is 42.5 Å². The van der Waals surface area contributed by atoms with E-state index in [1.54, 1.807) is 39.8 Å². The normalized spacial score (nSPS) is 34.1. The number of esters is 1. The highest BCUT2D eigenvalue weighted by Crippen LogP contribution is 2.63. The van der Waals surface area contributed by atoms with Crippen LogP contribution in [-0.4, -0.2) is 126 Å². The van der Waals surface area contributed by atoms with E-state index in [0.29, 0.717) is 18.0 Å². The summed E-state index contributed by atoms with van der Waals surface area (Å²) in [5.41, 5.74) is 3.96. The molecule has 16 atom stereocenters. The summed E-state index contributed by atoms with van der Waals surface area (Å²) in [7, 11) is 10.9. The number of nitrogens with zero attached hydrogens (tertiary/aromatic N) is 2. The number of carbonyl (C=O) groups is 2. The maximum absolute atomic E-state index is 15.3. The van der Waals surface area contributed by atoms with Crippen molar-refractivity contribution in [2.45, 2.75) is 173 Å². The lowest BCUT2D eigenvalue weighted by Gasteiger charge is -2.40. The van der Waals surface area contributed by atoms with Gasteiger partial charge in [-0.3, -0.25) is 9.59 Å². The Morgan fingerprint density at radius 1 is 0.891 bits per heavy atom. The maximum atomic E-state index is 15.3. The van der Waals surface area contributed by atoms with Crippen molar-refractivity contribution < 1.29 is 47.5 Å². The summed E-state index contributed by atoms with van der Waals surface area (Å²) in [5, 5.41) is 0.951. The first-order chi connectivity index (χ1) is 30.7. The van der Waals surface area contributed by atoms with Gasteiger partial charge in [-0.15, -0.1) is 11.3 Å². The van der Waals surface area contributed by atoms with Crippen LogP contribution in [0.4, 0.5) is 0 Å². The summed E-state index contributed by atoms with van der Waals surface area (Å²) < 4.78 is 50.6. The van der Waals surface area contributed by atoms with Crippen LogP contribution >= 0.6 is 11.3 Å². The number of thiazole rings is 1. The Morgan fingerprint density at radius 3 is 2.23 bits per heavy atom. The van der Waals surface area contributed by atoms with Gasteiger partial charge in [-0.2, -0.15) is 0 Å². The molecule has 1 saturated carbocycles. The zero-order valence-corrected chi connectivity index (χ0v) is 41.3. The Morgan fingerprint density at radius 2 is 1.61 bits per heavy atom. The monoisotopic (exact) mass is 909 g/mol. The lowest BCUT2D eigenvalue weighted by molar-refractivity contribution is -0.246. The summed E-state index contributed by atoms with van der Waals surface area (Å²) in [6.45, 7) is 12.5. The number of fused-ring (bicyclic) bond motifs is 8. The van der Waals surface area contributed by atoms with Crippen molar-refractivity contribution in [3.8, 4) is 10.6 Å². The quantitative estimate of drug-likeness (QED) is 0.125. The minimum Gasteiger partial charge on any atom is -0.462 e. The number of benzene rings is 1. The molecule has 7 rings (SSSR count). The van der Waals surface area contributed by atoms with Crippen LogP contribution in [0.15, 0.2) is 35.9 Å². The van der Waals surface area contributed by atoms with E-state index in [1.807, 2.05) is 6.92 Å². The molecule has 0 spiro atoms. The molecule has 1 aromatic carbocycles. The third-order valence-electron chi connectivity index (χ3n) is 15.3. The first-order valence-corrected chi connectivity index (χ1v) is 24.8. The van der Waals surface area contributed by atoms with Gasteiger partial charge in [0.05, 0.1) is 36.5 Å². The van der Waals surface area contributed by atoms with E-state index in [1.165, 1.54) is 10.4 Å². The van der Waals surface area contributed by atoms with Crippen molar-refractivity contribution in [3.05, 3.63) is 52.0 Å². The Labute approximate surface area is 386 Å². The molecule has 64 heavy (non-hydrogen) atoms. The molecule has 3 heterocycles. The van der Waals surface area contributed by atoms with Crippen LogP contribution in [0.5, 0.6) is 0 Å². The van der Waals surface area contributed by atoms with E-state index in [4.69, 9.17) is 42.9 Å². The Balaban J connectivity index is 1.24. The van der Waals surface area contributed by atoms with E-state index in [2.05, 4.69) is 84.0 Å². The van der Waals surface area contributed by atoms with Crippen LogP contribution in [0.3, 0.4) is 0 Å². The highest BCUT2D eigenvalue weighted by atomic mass is 32.1. The molecule has 0 amide bonds. The van der Waals surface area contributed by atoms with E-state index in [9.17, 15) is 4.79 Å². The second-order valence-corrected chi connectivity index (χ2v) is 20.8. The molecule has 356 valence electrons. The zero-order chi connectivity index (χ0) is 46.0. The SMILES string of the molecule is CC[C@H]1CCC[C@H](O[C@H]2CC[C@H](N(C)C)C(C)O2)[C@@H](C)C(=O)C2=C[C@H]3[C@@H]4C[C@H](OC(OC)C(OC)C(OC)C(OC)C(C)C)C[C@H]4c4sc(-c5ccc(C)cc5)nc4[C@H]3[C@@H]2CC(=O)O1. The van der Waals surface area contributed by atoms with Crippen molar-refractivity contribution in [1.29, 1.82) is 0 Å². The fourth-order valence-corrected chi connectivity index (χ4v) is 13.2. The van der Waals surface area contributed by atoms with E-state index in [-0.39, 0.29) is 84.6 Å². The van der Waals surface area contributed by atoms with Gasteiger partial charge in [0.25, 0.3) is 0 Å². The molecule has 5 unspecified atom stereocenters. The number of aromatic nitrogens is 1. The maximum Gasteiger partial charge on any atom is 0.306 e. The van der Waals surface area contributed by atoms with Crippen molar-refractivity contribution in [3.63, 3.8) is 0 Å². The van der Waals surface area contributed by atoms with Gasteiger partial charge >= 0.3 is 5.97 Å². The van der Waals surface area contributed by atoms with Crippen LogP contribution in [-0.2, 0) is 47.5 Å². The van der Waals surface area contributed by atoms with Gasteiger partial charge in [0, 0.05) is 68.6 Å². The van der Waals surface area contributed by atoms with E-state index < -0.39 is 30.3 Å². The Hall–Kier alpha value is -2.59. The Kier molecular flexibility index (Phi) is 16.6. The average Bonchev–Trinajstić information content (AvgIpc) is 4.00. The molecular formula is C51H76N2O10S. The molecular weight excluding hydrogens is 833 g/mol. The molecule has 12 nitrogen and oxygen atoms in total. The molecule has 0 radical (unpaired) electrons. The van der Waals surface area contributed by atoms with Gasteiger partial charge < -0.3 is 42.8 Å².